The van der Waals surface area contributed by atoms with Gasteiger partial charge in [0, 0.05) is 5.56 Å². The second kappa shape index (κ2) is 6.75. The van der Waals surface area contributed by atoms with Crippen molar-refractivity contribution in [3.8, 4) is 0 Å². The standard InChI is InChI=1S/C21H22N2O3/c1-14-10-11-17-16(12-14)18(22-20(25)26-21(2,3)4)19(24)23(17)13-15-8-6-5-7-9-15/h5-12H,13H2,1-4H3/b22-18-. The lowest BCUT2D eigenvalue weighted by Crippen LogP contribution is -2.30. The van der Waals surface area contributed by atoms with Crippen LogP contribution in [0, 0.1) is 6.92 Å². The van der Waals surface area contributed by atoms with Gasteiger partial charge in [0.2, 0.25) is 0 Å². The van der Waals surface area contributed by atoms with E-state index in [0.717, 1.165) is 16.8 Å². The lowest BCUT2D eigenvalue weighted by Gasteiger charge is -2.17. The van der Waals surface area contributed by atoms with E-state index in [1.807, 2.05) is 55.5 Å². The predicted molar refractivity (Wildman–Crippen MR) is 102 cm³/mol. The van der Waals surface area contributed by atoms with E-state index in [1.165, 1.54) is 0 Å². The summed E-state index contributed by atoms with van der Waals surface area (Å²) in [6.07, 6.45) is -0.755. The summed E-state index contributed by atoms with van der Waals surface area (Å²) in [6.45, 7) is 7.66. The summed E-state index contributed by atoms with van der Waals surface area (Å²) in [4.78, 5) is 30.7. The van der Waals surface area contributed by atoms with Crippen LogP contribution in [0.5, 0.6) is 0 Å². The minimum atomic E-state index is -0.755. The summed E-state index contributed by atoms with van der Waals surface area (Å²) in [5, 5.41) is 0. The molecule has 5 nitrogen and oxygen atoms in total. The fraction of sp³-hybridized carbons (Fsp3) is 0.286. The molecule has 0 fully saturated rings. The van der Waals surface area contributed by atoms with Crippen LogP contribution in [0.1, 0.15) is 37.5 Å². The van der Waals surface area contributed by atoms with Crippen LogP contribution in [0.25, 0.3) is 0 Å². The molecule has 5 heteroatoms. The van der Waals surface area contributed by atoms with Crippen molar-refractivity contribution in [3.63, 3.8) is 0 Å². The van der Waals surface area contributed by atoms with E-state index in [9.17, 15) is 9.59 Å². The van der Waals surface area contributed by atoms with Gasteiger partial charge in [0.1, 0.15) is 11.3 Å². The van der Waals surface area contributed by atoms with E-state index in [1.54, 1.807) is 25.7 Å². The number of carbonyl (C=O) groups is 2. The van der Waals surface area contributed by atoms with Crippen molar-refractivity contribution in [1.29, 1.82) is 0 Å². The molecule has 1 aliphatic rings. The third-order valence-corrected chi connectivity index (χ3v) is 3.93. The van der Waals surface area contributed by atoms with Crippen molar-refractivity contribution in [2.45, 2.75) is 39.8 Å². The number of aryl methyl sites for hydroxylation is 1. The van der Waals surface area contributed by atoms with E-state index in [4.69, 9.17) is 4.74 Å². The fourth-order valence-electron chi connectivity index (χ4n) is 2.83. The molecule has 0 saturated heterocycles. The Kier molecular flexibility index (Phi) is 4.64. The Balaban J connectivity index is 1.98. The van der Waals surface area contributed by atoms with Crippen molar-refractivity contribution in [2.24, 2.45) is 4.99 Å². The van der Waals surface area contributed by atoms with Crippen molar-refractivity contribution in [1.82, 2.24) is 0 Å². The first kappa shape index (κ1) is 17.9. The molecule has 0 spiro atoms. The Morgan fingerprint density at radius 3 is 2.46 bits per heavy atom. The molecule has 2 aromatic carbocycles. The van der Waals surface area contributed by atoms with Gasteiger partial charge in [-0.05, 0) is 45.4 Å². The zero-order valence-corrected chi connectivity index (χ0v) is 15.4. The molecule has 1 aliphatic heterocycles. The second-order valence-corrected chi connectivity index (χ2v) is 7.34. The Hall–Kier alpha value is -2.95. The Morgan fingerprint density at radius 2 is 1.81 bits per heavy atom. The Labute approximate surface area is 153 Å². The molecular weight excluding hydrogens is 328 g/mol. The van der Waals surface area contributed by atoms with Crippen LogP contribution in [0.4, 0.5) is 10.5 Å². The number of benzene rings is 2. The smallest absolute Gasteiger partial charge is 0.434 e. The molecule has 0 atom stereocenters. The van der Waals surface area contributed by atoms with Crippen LogP contribution in [0.2, 0.25) is 0 Å². The molecule has 2 aromatic rings. The van der Waals surface area contributed by atoms with E-state index >= 15 is 0 Å². The topological polar surface area (TPSA) is 59.0 Å². The molecule has 134 valence electrons. The summed E-state index contributed by atoms with van der Waals surface area (Å²) in [5.74, 6) is -0.291. The van der Waals surface area contributed by atoms with Gasteiger partial charge in [-0.1, -0.05) is 42.0 Å². The van der Waals surface area contributed by atoms with E-state index in [0.29, 0.717) is 12.1 Å². The van der Waals surface area contributed by atoms with Crippen molar-refractivity contribution < 1.29 is 14.3 Å². The average molecular weight is 350 g/mol. The number of carbonyl (C=O) groups excluding carboxylic acids is 2. The number of hydrogen-bond acceptors (Lipinski definition) is 3. The van der Waals surface area contributed by atoms with Crippen LogP contribution in [0.15, 0.2) is 53.5 Å². The molecule has 0 radical (unpaired) electrons. The number of nitrogens with zero attached hydrogens (tertiary/aromatic N) is 2. The molecular formula is C21H22N2O3. The molecule has 26 heavy (non-hydrogen) atoms. The van der Waals surface area contributed by atoms with Gasteiger partial charge in [-0.2, -0.15) is 4.99 Å². The van der Waals surface area contributed by atoms with Crippen LogP contribution in [-0.4, -0.2) is 23.3 Å². The molecule has 0 N–H and O–H groups in total. The highest BCUT2D eigenvalue weighted by Gasteiger charge is 2.35. The second-order valence-electron chi connectivity index (χ2n) is 7.34. The van der Waals surface area contributed by atoms with Crippen LogP contribution >= 0.6 is 0 Å². The normalized spacial score (nSPS) is 15.3. The summed E-state index contributed by atoms with van der Waals surface area (Å²) < 4.78 is 5.25. The first-order chi connectivity index (χ1) is 12.2. The van der Waals surface area contributed by atoms with Gasteiger partial charge in [-0.3, -0.25) is 4.79 Å². The largest absolute Gasteiger partial charge is 0.442 e. The first-order valence-electron chi connectivity index (χ1n) is 8.53. The Morgan fingerprint density at radius 1 is 1.12 bits per heavy atom. The van der Waals surface area contributed by atoms with Crippen molar-refractivity contribution >= 4 is 23.4 Å². The number of anilines is 1. The minimum Gasteiger partial charge on any atom is -0.442 e. The lowest BCUT2D eigenvalue weighted by molar-refractivity contribution is -0.112. The monoisotopic (exact) mass is 350 g/mol. The number of aliphatic imine (C=N–C) groups is 1. The number of ether oxygens (including phenoxy) is 1. The fourth-order valence-corrected chi connectivity index (χ4v) is 2.83. The Bertz CT molecular complexity index is 880. The summed E-state index contributed by atoms with van der Waals surface area (Å²) in [7, 11) is 0. The summed E-state index contributed by atoms with van der Waals surface area (Å²) in [5.41, 5.74) is 2.89. The molecule has 1 heterocycles. The quantitative estimate of drug-likeness (QED) is 0.813. The first-order valence-corrected chi connectivity index (χ1v) is 8.53. The number of rotatable bonds is 2. The number of fused-ring (bicyclic) bond motifs is 1. The third kappa shape index (κ3) is 3.82. The van der Waals surface area contributed by atoms with Gasteiger partial charge < -0.3 is 9.64 Å². The van der Waals surface area contributed by atoms with E-state index in [-0.39, 0.29) is 11.6 Å². The molecule has 0 unspecified atom stereocenters. The minimum absolute atomic E-state index is 0.133. The molecule has 0 aromatic heterocycles. The zero-order valence-electron chi connectivity index (χ0n) is 15.4. The maximum atomic E-state index is 13.0. The highest BCUT2D eigenvalue weighted by Crippen LogP contribution is 2.32. The SMILES string of the molecule is Cc1ccc2c(c1)/C(=N/C(=O)OC(C)(C)C)C(=O)N2Cc1ccccc1. The summed E-state index contributed by atoms with van der Waals surface area (Å²) in [6, 6.07) is 15.4. The van der Waals surface area contributed by atoms with Crippen LogP contribution in [0.3, 0.4) is 0 Å². The van der Waals surface area contributed by atoms with E-state index < -0.39 is 11.7 Å². The average Bonchev–Trinajstić information content (AvgIpc) is 2.79. The van der Waals surface area contributed by atoms with Crippen LogP contribution < -0.4 is 4.90 Å². The number of amides is 2. The summed E-state index contributed by atoms with van der Waals surface area (Å²) >= 11 is 0. The maximum absolute atomic E-state index is 13.0. The van der Waals surface area contributed by atoms with Crippen molar-refractivity contribution in [2.75, 3.05) is 4.90 Å². The van der Waals surface area contributed by atoms with Crippen molar-refractivity contribution in [3.05, 3.63) is 65.2 Å². The number of hydrogen-bond donors (Lipinski definition) is 0. The third-order valence-electron chi connectivity index (χ3n) is 3.93. The molecule has 3 rings (SSSR count). The van der Waals surface area contributed by atoms with E-state index in [2.05, 4.69) is 4.99 Å². The van der Waals surface area contributed by atoms with Gasteiger partial charge in [-0.15, -0.1) is 0 Å². The lowest BCUT2D eigenvalue weighted by atomic mass is 10.1. The molecule has 2 amide bonds. The van der Waals surface area contributed by atoms with Gasteiger partial charge >= 0.3 is 6.09 Å². The van der Waals surface area contributed by atoms with Gasteiger partial charge in [0.05, 0.1) is 12.2 Å². The predicted octanol–water partition coefficient (Wildman–Crippen LogP) is 4.27. The molecule has 0 bridgehead atoms. The molecule has 0 aliphatic carbocycles. The van der Waals surface area contributed by atoms with Gasteiger partial charge in [-0.25, -0.2) is 4.79 Å². The van der Waals surface area contributed by atoms with Gasteiger partial charge in [0.25, 0.3) is 5.91 Å². The highest BCUT2D eigenvalue weighted by atomic mass is 16.6. The zero-order chi connectivity index (χ0) is 18.9. The molecule has 0 saturated carbocycles. The highest BCUT2D eigenvalue weighted by molar-refractivity contribution is 6.55. The van der Waals surface area contributed by atoms with Crippen LogP contribution in [-0.2, 0) is 16.1 Å². The van der Waals surface area contributed by atoms with Gasteiger partial charge in [0.15, 0.2) is 0 Å². The maximum Gasteiger partial charge on any atom is 0.434 e.